The summed E-state index contributed by atoms with van der Waals surface area (Å²) in [6.45, 7) is 7.55. The molecule has 0 fully saturated rings. The maximum Gasteiger partial charge on any atom is 0.335 e. The lowest BCUT2D eigenvalue weighted by atomic mass is 9.92. The number of rotatable bonds is 5. The van der Waals surface area contributed by atoms with E-state index in [2.05, 4.69) is 26.1 Å². The van der Waals surface area contributed by atoms with Crippen molar-refractivity contribution < 1.29 is 14.3 Å². The molecule has 4 heteroatoms. The van der Waals surface area contributed by atoms with Gasteiger partial charge in [0.05, 0.1) is 5.56 Å². The zero-order valence-corrected chi connectivity index (χ0v) is 11.1. The van der Waals surface area contributed by atoms with Crippen molar-refractivity contribution in [3.8, 4) is 0 Å². The first-order valence-corrected chi connectivity index (χ1v) is 6.02. The van der Waals surface area contributed by atoms with Crippen molar-refractivity contribution in [1.82, 2.24) is 5.32 Å². The molecular weight excluding hydrogens is 233 g/mol. The Balaban J connectivity index is 2.56. The predicted molar refractivity (Wildman–Crippen MR) is 69.1 cm³/mol. The maximum absolute atomic E-state index is 13.5. The summed E-state index contributed by atoms with van der Waals surface area (Å²) < 4.78 is 13.5. The largest absolute Gasteiger partial charge is 0.478 e. The topological polar surface area (TPSA) is 49.3 Å². The molecule has 0 aliphatic heterocycles. The van der Waals surface area contributed by atoms with Crippen molar-refractivity contribution in [1.29, 1.82) is 0 Å². The van der Waals surface area contributed by atoms with Crippen LogP contribution in [0.1, 0.15) is 43.1 Å². The monoisotopic (exact) mass is 253 g/mol. The van der Waals surface area contributed by atoms with E-state index >= 15 is 0 Å². The molecule has 0 amide bonds. The van der Waals surface area contributed by atoms with Crippen molar-refractivity contribution in [3.05, 3.63) is 35.1 Å². The lowest BCUT2D eigenvalue weighted by Gasteiger charge is -2.18. The Morgan fingerprint density at radius 3 is 2.61 bits per heavy atom. The first-order chi connectivity index (χ1) is 8.29. The molecular formula is C14H20FNO2. The highest BCUT2D eigenvalue weighted by Gasteiger charge is 2.10. The fraction of sp³-hybridized carbons (Fsp3) is 0.500. The maximum atomic E-state index is 13.5. The summed E-state index contributed by atoms with van der Waals surface area (Å²) in [4.78, 5) is 10.8. The third kappa shape index (κ3) is 4.84. The van der Waals surface area contributed by atoms with Crippen LogP contribution in [0.25, 0.3) is 0 Å². The van der Waals surface area contributed by atoms with Gasteiger partial charge in [-0.05, 0) is 36.6 Å². The lowest BCUT2D eigenvalue weighted by molar-refractivity contribution is 0.0696. The number of carbonyl (C=O) groups is 1. The number of halogens is 1. The van der Waals surface area contributed by atoms with Crippen LogP contribution < -0.4 is 5.32 Å². The van der Waals surface area contributed by atoms with E-state index in [-0.39, 0.29) is 16.8 Å². The Hall–Kier alpha value is -1.42. The molecule has 0 atom stereocenters. The van der Waals surface area contributed by atoms with Gasteiger partial charge in [-0.3, -0.25) is 0 Å². The Morgan fingerprint density at radius 1 is 1.39 bits per heavy atom. The van der Waals surface area contributed by atoms with Crippen LogP contribution in [0, 0.1) is 11.2 Å². The number of hydrogen-bond donors (Lipinski definition) is 2. The van der Waals surface area contributed by atoms with E-state index in [9.17, 15) is 9.18 Å². The van der Waals surface area contributed by atoms with Crippen LogP contribution in [-0.4, -0.2) is 17.6 Å². The van der Waals surface area contributed by atoms with Crippen LogP contribution >= 0.6 is 0 Å². The van der Waals surface area contributed by atoms with E-state index in [4.69, 9.17) is 5.11 Å². The Labute approximate surface area is 107 Å². The van der Waals surface area contributed by atoms with Crippen LogP contribution in [0.15, 0.2) is 18.2 Å². The van der Waals surface area contributed by atoms with E-state index in [0.717, 1.165) is 13.0 Å². The molecule has 0 aromatic heterocycles. The van der Waals surface area contributed by atoms with Crippen molar-refractivity contribution >= 4 is 5.97 Å². The molecule has 2 N–H and O–H groups in total. The number of benzene rings is 1. The Morgan fingerprint density at radius 2 is 2.06 bits per heavy atom. The van der Waals surface area contributed by atoms with Crippen molar-refractivity contribution in [2.24, 2.45) is 5.41 Å². The molecule has 0 spiro atoms. The summed E-state index contributed by atoms with van der Waals surface area (Å²) in [5, 5.41) is 12.0. The van der Waals surface area contributed by atoms with Gasteiger partial charge in [-0.25, -0.2) is 9.18 Å². The molecule has 0 aliphatic carbocycles. The van der Waals surface area contributed by atoms with Gasteiger partial charge < -0.3 is 10.4 Å². The normalized spacial score (nSPS) is 11.6. The summed E-state index contributed by atoms with van der Waals surface area (Å²) in [6.07, 6.45) is 0.979. The molecule has 0 heterocycles. The Bertz CT molecular complexity index is 424. The second-order valence-corrected chi connectivity index (χ2v) is 5.60. The quantitative estimate of drug-likeness (QED) is 0.793. The lowest BCUT2D eigenvalue weighted by Crippen LogP contribution is -2.20. The standard InChI is InChI=1S/C14H20FNO2/c1-14(2,3)6-7-16-9-11-8-10(13(17)18)4-5-12(11)15/h4-5,8,16H,6-7,9H2,1-3H3,(H,17,18). The van der Waals surface area contributed by atoms with E-state index in [0.29, 0.717) is 12.1 Å². The second kappa shape index (κ2) is 5.96. The summed E-state index contributed by atoms with van der Waals surface area (Å²) >= 11 is 0. The van der Waals surface area contributed by atoms with Gasteiger partial charge in [0.15, 0.2) is 0 Å². The van der Waals surface area contributed by atoms with Crippen molar-refractivity contribution in [2.75, 3.05) is 6.54 Å². The van der Waals surface area contributed by atoms with Gasteiger partial charge in [0.25, 0.3) is 0 Å². The van der Waals surface area contributed by atoms with Crippen LogP contribution in [0.4, 0.5) is 4.39 Å². The van der Waals surface area contributed by atoms with Crippen LogP contribution in [0.2, 0.25) is 0 Å². The van der Waals surface area contributed by atoms with Gasteiger partial charge in [0, 0.05) is 12.1 Å². The highest BCUT2D eigenvalue weighted by atomic mass is 19.1. The minimum Gasteiger partial charge on any atom is -0.478 e. The molecule has 100 valence electrons. The van der Waals surface area contributed by atoms with E-state index in [1.54, 1.807) is 0 Å². The third-order valence-electron chi connectivity index (χ3n) is 2.66. The summed E-state index contributed by atoms with van der Waals surface area (Å²) in [6, 6.07) is 3.85. The smallest absolute Gasteiger partial charge is 0.335 e. The number of carboxylic acids is 1. The minimum atomic E-state index is -1.04. The van der Waals surface area contributed by atoms with Crippen LogP contribution in [0.3, 0.4) is 0 Å². The molecule has 0 unspecified atom stereocenters. The molecule has 1 aromatic rings. The molecule has 0 saturated heterocycles. The number of nitrogens with one attached hydrogen (secondary N) is 1. The number of aromatic carboxylic acids is 1. The predicted octanol–water partition coefficient (Wildman–Crippen LogP) is 3.05. The molecule has 1 rings (SSSR count). The number of carboxylic acid groups (broad SMARTS) is 1. The molecule has 18 heavy (non-hydrogen) atoms. The first kappa shape index (κ1) is 14.6. The number of hydrogen-bond acceptors (Lipinski definition) is 2. The summed E-state index contributed by atoms with van der Waals surface area (Å²) in [5.74, 6) is -1.41. The van der Waals surface area contributed by atoms with E-state index in [1.165, 1.54) is 18.2 Å². The average molecular weight is 253 g/mol. The zero-order chi connectivity index (χ0) is 13.8. The minimum absolute atomic E-state index is 0.115. The van der Waals surface area contributed by atoms with Gasteiger partial charge in [0.2, 0.25) is 0 Å². The van der Waals surface area contributed by atoms with E-state index in [1.807, 2.05) is 0 Å². The fourth-order valence-corrected chi connectivity index (χ4v) is 1.53. The molecule has 1 aromatic carbocycles. The Kier molecular flexibility index (Phi) is 4.84. The molecule has 0 radical (unpaired) electrons. The van der Waals surface area contributed by atoms with Gasteiger partial charge in [-0.2, -0.15) is 0 Å². The highest BCUT2D eigenvalue weighted by Crippen LogP contribution is 2.17. The third-order valence-corrected chi connectivity index (χ3v) is 2.66. The summed E-state index contributed by atoms with van der Waals surface area (Å²) in [7, 11) is 0. The molecule has 0 bridgehead atoms. The fourth-order valence-electron chi connectivity index (χ4n) is 1.53. The molecule has 0 aliphatic rings. The SMILES string of the molecule is CC(C)(C)CCNCc1cc(C(=O)O)ccc1F. The van der Waals surface area contributed by atoms with Crippen molar-refractivity contribution in [2.45, 2.75) is 33.7 Å². The van der Waals surface area contributed by atoms with Gasteiger partial charge in [-0.15, -0.1) is 0 Å². The van der Waals surface area contributed by atoms with Crippen LogP contribution in [-0.2, 0) is 6.54 Å². The zero-order valence-electron chi connectivity index (χ0n) is 11.1. The van der Waals surface area contributed by atoms with Gasteiger partial charge in [-0.1, -0.05) is 20.8 Å². The van der Waals surface area contributed by atoms with E-state index < -0.39 is 5.97 Å². The second-order valence-electron chi connectivity index (χ2n) is 5.60. The first-order valence-electron chi connectivity index (χ1n) is 6.02. The highest BCUT2D eigenvalue weighted by molar-refractivity contribution is 5.87. The van der Waals surface area contributed by atoms with Crippen LogP contribution in [0.5, 0.6) is 0 Å². The summed E-state index contributed by atoms with van der Waals surface area (Å²) in [5.41, 5.74) is 0.738. The average Bonchev–Trinajstić information content (AvgIpc) is 2.24. The molecule has 3 nitrogen and oxygen atoms in total. The molecule has 0 saturated carbocycles. The van der Waals surface area contributed by atoms with Gasteiger partial charge >= 0.3 is 5.97 Å². The van der Waals surface area contributed by atoms with Gasteiger partial charge in [0.1, 0.15) is 5.82 Å². The van der Waals surface area contributed by atoms with Crippen molar-refractivity contribution in [3.63, 3.8) is 0 Å².